The summed E-state index contributed by atoms with van der Waals surface area (Å²) in [6.45, 7) is 2.26. The molecule has 0 heterocycles. The molecule has 17 heavy (non-hydrogen) atoms. The summed E-state index contributed by atoms with van der Waals surface area (Å²) in [5.41, 5.74) is 1.03. The molecule has 0 aliphatic heterocycles. The molecule has 0 fully saturated rings. The van der Waals surface area contributed by atoms with Crippen LogP contribution < -0.4 is 0 Å². The fourth-order valence-electron chi connectivity index (χ4n) is 2.20. The van der Waals surface area contributed by atoms with Gasteiger partial charge in [-0.15, -0.1) is 0 Å². The Bertz CT molecular complexity index is 454. The Balaban J connectivity index is 2.95. The second kappa shape index (κ2) is 5.16. The van der Waals surface area contributed by atoms with Gasteiger partial charge in [-0.25, -0.2) is 8.42 Å². The summed E-state index contributed by atoms with van der Waals surface area (Å²) in [6, 6.07) is 9.59. The van der Waals surface area contributed by atoms with Gasteiger partial charge in [-0.05, 0) is 0 Å². The van der Waals surface area contributed by atoms with E-state index in [0.29, 0.717) is 13.0 Å². The summed E-state index contributed by atoms with van der Waals surface area (Å²) in [4.78, 5) is 0. The van der Waals surface area contributed by atoms with Crippen molar-refractivity contribution in [3.8, 4) is 0 Å². The van der Waals surface area contributed by atoms with E-state index in [-0.39, 0.29) is 4.48 Å². The Labute approximate surface area is 103 Å². The monoisotopic (exact) mass is 257 g/mol. The first kappa shape index (κ1) is 14.2. The van der Waals surface area contributed by atoms with Crippen molar-refractivity contribution in [2.75, 3.05) is 14.1 Å². The smallest absolute Gasteiger partial charge is 0.178 e. The molecule has 1 atom stereocenters. The van der Waals surface area contributed by atoms with Gasteiger partial charge < -0.3 is 9.04 Å². The number of benzene rings is 1. The van der Waals surface area contributed by atoms with Crippen molar-refractivity contribution < 1.29 is 17.5 Å². The number of quaternary nitrogens is 1. The van der Waals surface area contributed by atoms with Crippen molar-refractivity contribution in [3.05, 3.63) is 35.9 Å². The summed E-state index contributed by atoms with van der Waals surface area (Å²) in [7, 11) is -0.722. The van der Waals surface area contributed by atoms with E-state index in [1.165, 1.54) is 0 Å². The molecule has 0 bridgehead atoms. The first-order chi connectivity index (χ1) is 7.77. The molecule has 0 aromatic heterocycles. The third kappa shape index (κ3) is 3.80. The van der Waals surface area contributed by atoms with Crippen LogP contribution in [0.4, 0.5) is 0 Å². The normalized spacial score (nSPS) is 14.6. The van der Waals surface area contributed by atoms with Crippen molar-refractivity contribution in [2.24, 2.45) is 0 Å². The maximum absolute atomic E-state index is 11.2. The maximum Gasteiger partial charge on any atom is 0.178 e. The van der Waals surface area contributed by atoms with Crippen molar-refractivity contribution >= 4 is 10.1 Å². The lowest BCUT2D eigenvalue weighted by Crippen LogP contribution is -2.51. The highest BCUT2D eigenvalue weighted by molar-refractivity contribution is 7.86. The lowest BCUT2D eigenvalue weighted by Gasteiger charge is -2.38. The molecule has 0 saturated carbocycles. The first-order valence-corrected chi connectivity index (χ1v) is 7.06. The Morgan fingerprint density at radius 1 is 1.24 bits per heavy atom. The van der Waals surface area contributed by atoms with Gasteiger partial charge in [0.1, 0.15) is 16.7 Å². The van der Waals surface area contributed by atoms with Gasteiger partial charge in [0.25, 0.3) is 0 Å². The van der Waals surface area contributed by atoms with E-state index < -0.39 is 15.5 Å². The van der Waals surface area contributed by atoms with Crippen LogP contribution in [0.5, 0.6) is 0 Å². The van der Waals surface area contributed by atoms with Crippen molar-refractivity contribution in [3.63, 3.8) is 0 Å². The standard InChI is InChI=1S/C12H19NO3S/c1-4-12(17(14,15)16)13(2,3)10-11-8-6-5-7-9-11/h5-9,12H,4,10H2,1-3H3. The predicted octanol–water partition coefficient (Wildman–Crippen LogP) is 1.54. The van der Waals surface area contributed by atoms with Crippen LogP contribution in [-0.4, -0.2) is 36.9 Å². The number of hydrogen-bond donors (Lipinski definition) is 0. The molecule has 4 nitrogen and oxygen atoms in total. The minimum absolute atomic E-state index is 0.159. The zero-order valence-electron chi connectivity index (χ0n) is 10.5. The van der Waals surface area contributed by atoms with E-state index >= 15 is 0 Å². The molecule has 0 aliphatic carbocycles. The quantitative estimate of drug-likeness (QED) is 0.594. The Kier molecular flexibility index (Phi) is 4.30. The van der Waals surface area contributed by atoms with Gasteiger partial charge in [0.05, 0.1) is 14.1 Å². The zero-order chi connectivity index (χ0) is 13.1. The van der Waals surface area contributed by atoms with Crippen LogP contribution in [0.3, 0.4) is 0 Å². The largest absolute Gasteiger partial charge is 0.743 e. The molecule has 0 saturated heterocycles. The van der Waals surface area contributed by atoms with Crippen LogP contribution in [0.15, 0.2) is 30.3 Å². The molecule has 0 spiro atoms. The predicted molar refractivity (Wildman–Crippen MR) is 66.0 cm³/mol. The molecule has 1 aromatic carbocycles. The third-order valence-corrected chi connectivity index (χ3v) is 4.47. The van der Waals surface area contributed by atoms with Crippen LogP contribution in [0.1, 0.15) is 18.9 Å². The van der Waals surface area contributed by atoms with E-state index in [1.807, 2.05) is 30.3 Å². The summed E-state index contributed by atoms with van der Waals surface area (Å²) in [5, 5.41) is -0.900. The highest BCUT2D eigenvalue weighted by Crippen LogP contribution is 2.20. The Morgan fingerprint density at radius 3 is 2.18 bits per heavy atom. The summed E-state index contributed by atoms with van der Waals surface area (Å²) in [5.74, 6) is 0. The van der Waals surface area contributed by atoms with E-state index in [0.717, 1.165) is 5.56 Å². The molecule has 1 unspecified atom stereocenters. The lowest BCUT2D eigenvalue weighted by molar-refractivity contribution is -0.914. The van der Waals surface area contributed by atoms with Crippen molar-refractivity contribution in [1.82, 2.24) is 0 Å². The van der Waals surface area contributed by atoms with E-state index in [2.05, 4.69) is 0 Å². The third-order valence-electron chi connectivity index (χ3n) is 2.89. The highest BCUT2D eigenvalue weighted by Gasteiger charge is 2.32. The minimum atomic E-state index is -4.27. The summed E-state index contributed by atoms with van der Waals surface area (Å²) in [6.07, 6.45) is 0.325. The Hall–Kier alpha value is -0.910. The van der Waals surface area contributed by atoms with E-state index in [4.69, 9.17) is 0 Å². The lowest BCUT2D eigenvalue weighted by atomic mass is 10.2. The summed E-state index contributed by atoms with van der Waals surface area (Å²) < 4.78 is 33.8. The van der Waals surface area contributed by atoms with Crippen molar-refractivity contribution in [2.45, 2.75) is 25.3 Å². The molecule has 0 amide bonds. The second-order valence-corrected chi connectivity index (χ2v) is 6.31. The average molecular weight is 257 g/mol. The van der Waals surface area contributed by atoms with Gasteiger partial charge in [-0.2, -0.15) is 0 Å². The molecule has 1 rings (SSSR count). The van der Waals surface area contributed by atoms with Gasteiger partial charge in [-0.1, -0.05) is 37.3 Å². The maximum atomic E-state index is 11.2. The van der Waals surface area contributed by atoms with Gasteiger partial charge >= 0.3 is 0 Å². The van der Waals surface area contributed by atoms with Gasteiger partial charge in [0, 0.05) is 12.0 Å². The number of nitrogens with zero attached hydrogens (tertiary/aromatic N) is 1. The topological polar surface area (TPSA) is 57.2 Å². The van der Waals surface area contributed by atoms with Crippen LogP contribution in [0.25, 0.3) is 0 Å². The fraction of sp³-hybridized carbons (Fsp3) is 0.500. The average Bonchev–Trinajstić information content (AvgIpc) is 2.16. The van der Waals surface area contributed by atoms with Crippen LogP contribution in [0.2, 0.25) is 0 Å². The molecule has 96 valence electrons. The molecular weight excluding hydrogens is 238 g/mol. The molecule has 0 N–H and O–H groups in total. The SMILES string of the molecule is CCC([N+](C)(C)Cc1ccccc1)S(=O)(=O)[O-]. The van der Waals surface area contributed by atoms with E-state index in [1.54, 1.807) is 21.0 Å². The van der Waals surface area contributed by atoms with Crippen molar-refractivity contribution in [1.29, 1.82) is 0 Å². The number of hydrogen-bond acceptors (Lipinski definition) is 3. The van der Waals surface area contributed by atoms with E-state index in [9.17, 15) is 13.0 Å². The highest BCUT2D eigenvalue weighted by atomic mass is 32.2. The minimum Gasteiger partial charge on any atom is -0.743 e. The molecular formula is C12H19NO3S. The number of rotatable bonds is 5. The second-order valence-electron chi connectivity index (χ2n) is 4.78. The first-order valence-electron chi connectivity index (χ1n) is 5.58. The zero-order valence-corrected chi connectivity index (χ0v) is 11.3. The van der Waals surface area contributed by atoms with Gasteiger partial charge in [0.15, 0.2) is 5.37 Å². The molecule has 0 radical (unpaired) electrons. The van der Waals surface area contributed by atoms with Crippen LogP contribution in [-0.2, 0) is 16.7 Å². The molecule has 5 heteroatoms. The molecule has 0 aliphatic rings. The summed E-state index contributed by atoms with van der Waals surface area (Å²) >= 11 is 0. The Morgan fingerprint density at radius 2 is 1.76 bits per heavy atom. The van der Waals surface area contributed by atoms with Crippen LogP contribution in [0, 0.1) is 0 Å². The van der Waals surface area contributed by atoms with Gasteiger partial charge in [-0.3, -0.25) is 0 Å². The molecule has 1 aromatic rings. The van der Waals surface area contributed by atoms with Crippen LogP contribution >= 0.6 is 0 Å². The van der Waals surface area contributed by atoms with Gasteiger partial charge in [0.2, 0.25) is 0 Å². The fourth-order valence-corrected chi connectivity index (χ4v) is 3.39.